The van der Waals surface area contributed by atoms with Crippen LogP contribution in [0.2, 0.25) is 15.1 Å². The third-order valence-electron chi connectivity index (χ3n) is 5.48. The summed E-state index contributed by atoms with van der Waals surface area (Å²) < 4.78 is 0. The highest BCUT2D eigenvalue weighted by molar-refractivity contribution is 6.36. The van der Waals surface area contributed by atoms with Gasteiger partial charge in [-0.05, 0) is 47.4 Å². The van der Waals surface area contributed by atoms with Gasteiger partial charge in [0.2, 0.25) is 11.8 Å². The quantitative estimate of drug-likeness (QED) is 0.340. The van der Waals surface area contributed by atoms with E-state index in [-0.39, 0.29) is 24.8 Å². The van der Waals surface area contributed by atoms with Crippen molar-refractivity contribution < 1.29 is 9.59 Å². The number of rotatable bonds is 10. The van der Waals surface area contributed by atoms with Gasteiger partial charge in [0.15, 0.2) is 0 Å². The molecule has 7 heteroatoms. The van der Waals surface area contributed by atoms with Crippen molar-refractivity contribution in [2.75, 3.05) is 6.54 Å². The van der Waals surface area contributed by atoms with Gasteiger partial charge in [-0.1, -0.05) is 90.3 Å². The second-order valence-electron chi connectivity index (χ2n) is 8.02. The molecule has 1 atom stereocenters. The molecule has 0 aliphatic heterocycles. The van der Waals surface area contributed by atoms with Crippen molar-refractivity contribution in [2.45, 2.75) is 38.8 Å². The van der Waals surface area contributed by atoms with Crippen molar-refractivity contribution in [3.8, 4) is 0 Å². The SMILES string of the molecule is CCCNC(=O)[C@H](Cc1ccccc1)N(Cc1ccc(Cl)cc1)C(=O)Cc1c(Cl)cccc1Cl. The first kappa shape index (κ1) is 26.1. The van der Waals surface area contributed by atoms with Crippen LogP contribution in [0.5, 0.6) is 0 Å². The van der Waals surface area contributed by atoms with Gasteiger partial charge in [-0.25, -0.2) is 0 Å². The van der Waals surface area contributed by atoms with E-state index in [1.807, 2.05) is 49.4 Å². The molecule has 0 saturated heterocycles. The number of hydrogen-bond acceptors (Lipinski definition) is 2. The Morgan fingerprint density at radius 2 is 1.50 bits per heavy atom. The number of nitrogens with one attached hydrogen (secondary N) is 1. The summed E-state index contributed by atoms with van der Waals surface area (Å²) >= 11 is 18.8. The zero-order chi connectivity index (χ0) is 24.5. The molecule has 0 spiro atoms. The van der Waals surface area contributed by atoms with Gasteiger partial charge in [-0.2, -0.15) is 0 Å². The Labute approximate surface area is 215 Å². The van der Waals surface area contributed by atoms with Crippen molar-refractivity contribution in [1.29, 1.82) is 0 Å². The van der Waals surface area contributed by atoms with Crippen LogP contribution in [0.3, 0.4) is 0 Å². The maximum Gasteiger partial charge on any atom is 0.243 e. The van der Waals surface area contributed by atoms with Crippen LogP contribution in [-0.4, -0.2) is 29.3 Å². The van der Waals surface area contributed by atoms with Gasteiger partial charge in [0.1, 0.15) is 6.04 Å². The van der Waals surface area contributed by atoms with Gasteiger partial charge in [-0.3, -0.25) is 9.59 Å². The van der Waals surface area contributed by atoms with Gasteiger partial charge in [0, 0.05) is 34.6 Å². The first-order valence-electron chi connectivity index (χ1n) is 11.2. The third-order valence-corrected chi connectivity index (χ3v) is 6.44. The highest BCUT2D eigenvalue weighted by atomic mass is 35.5. The fraction of sp³-hybridized carbons (Fsp3) is 0.259. The van der Waals surface area contributed by atoms with E-state index in [9.17, 15) is 9.59 Å². The largest absolute Gasteiger partial charge is 0.354 e. The average molecular weight is 518 g/mol. The van der Waals surface area contributed by atoms with Gasteiger partial charge < -0.3 is 10.2 Å². The number of hydrogen-bond donors (Lipinski definition) is 1. The van der Waals surface area contributed by atoms with Crippen LogP contribution in [0.15, 0.2) is 72.8 Å². The number of carbonyl (C=O) groups excluding carboxylic acids is 2. The van der Waals surface area contributed by atoms with Crippen LogP contribution in [0, 0.1) is 0 Å². The van der Waals surface area contributed by atoms with E-state index in [4.69, 9.17) is 34.8 Å². The Morgan fingerprint density at radius 3 is 2.12 bits per heavy atom. The molecular weight excluding hydrogens is 491 g/mol. The number of carbonyl (C=O) groups is 2. The molecular formula is C27H27Cl3N2O2. The van der Waals surface area contributed by atoms with Crippen molar-refractivity contribution >= 4 is 46.6 Å². The maximum absolute atomic E-state index is 13.7. The minimum Gasteiger partial charge on any atom is -0.354 e. The Kier molecular flexibility index (Phi) is 9.82. The molecule has 0 aromatic heterocycles. The molecule has 0 saturated carbocycles. The van der Waals surface area contributed by atoms with Crippen molar-refractivity contribution in [1.82, 2.24) is 10.2 Å². The van der Waals surface area contributed by atoms with E-state index in [1.165, 1.54) is 0 Å². The van der Waals surface area contributed by atoms with Crippen LogP contribution < -0.4 is 5.32 Å². The molecule has 0 bridgehead atoms. The lowest BCUT2D eigenvalue weighted by Gasteiger charge is -2.32. The lowest BCUT2D eigenvalue weighted by molar-refractivity contribution is -0.140. The first-order chi connectivity index (χ1) is 16.4. The number of benzene rings is 3. The second-order valence-corrected chi connectivity index (χ2v) is 9.27. The van der Waals surface area contributed by atoms with Crippen LogP contribution in [-0.2, 0) is 29.0 Å². The average Bonchev–Trinajstić information content (AvgIpc) is 2.84. The van der Waals surface area contributed by atoms with Gasteiger partial charge in [0.05, 0.1) is 6.42 Å². The molecule has 4 nitrogen and oxygen atoms in total. The molecule has 0 aliphatic rings. The summed E-state index contributed by atoms with van der Waals surface area (Å²) in [5.74, 6) is -0.434. The smallest absolute Gasteiger partial charge is 0.243 e. The minimum atomic E-state index is -0.710. The van der Waals surface area contributed by atoms with Crippen LogP contribution >= 0.6 is 34.8 Å². The molecule has 0 radical (unpaired) electrons. The molecule has 0 fully saturated rings. The summed E-state index contributed by atoms with van der Waals surface area (Å²) in [5, 5.41) is 4.40. The highest BCUT2D eigenvalue weighted by Gasteiger charge is 2.31. The maximum atomic E-state index is 13.7. The summed E-state index contributed by atoms with van der Waals surface area (Å²) in [7, 11) is 0. The van der Waals surface area contributed by atoms with Crippen LogP contribution in [0.25, 0.3) is 0 Å². The summed E-state index contributed by atoms with van der Waals surface area (Å²) in [6.07, 6.45) is 1.16. The lowest BCUT2D eigenvalue weighted by Crippen LogP contribution is -2.51. The number of halogens is 3. The molecule has 34 heavy (non-hydrogen) atoms. The molecule has 0 heterocycles. The van der Waals surface area contributed by atoms with Crippen molar-refractivity contribution in [2.24, 2.45) is 0 Å². The van der Waals surface area contributed by atoms with Crippen LogP contribution in [0.4, 0.5) is 0 Å². The molecule has 178 valence electrons. The predicted molar refractivity (Wildman–Crippen MR) is 139 cm³/mol. The zero-order valence-electron chi connectivity index (χ0n) is 18.9. The molecule has 3 rings (SSSR count). The van der Waals surface area contributed by atoms with E-state index in [2.05, 4.69) is 5.32 Å². The molecule has 2 amide bonds. The third kappa shape index (κ3) is 7.23. The van der Waals surface area contributed by atoms with Crippen molar-refractivity contribution in [3.05, 3.63) is 105 Å². The van der Waals surface area contributed by atoms with Crippen LogP contribution in [0.1, 0.15) is 30.0 Å². The topological polar surface area (TPSA) is 49.4 Å². The van der Waals surface area contributed by atoms with E-state index in [0.717, 1.165) is 17.5 Å². The Morgan fingerprint density at radius 1 is 0.853 bits per heavy atom. The Hall–Kier alpha value is -2.53. The molecule has 1 N–H and O–H groups in total. The second kappa shape index (κ2) is 12.8. The zero-order valence-corrected chi connectivity index (χ0v) is 21.2. The van der Waals surface area contributed by atoms with Gasteiger partial charge in [0.25, 0.3) is 0 Å². The fourth-order valence-electron chi connectivity index (χ4n) is 3.66. The standard InChI is InChI=1S/C27H27Cl3N2O2/c1-2-15-31-27(34)25(16-19-7-4-3-5-8-19)32(18-20-11-13-21(28)14-12-20)26(33)17-22-23(29)9-6-10-24(22)30/h3-14,25H,2,15-18H2,1H3,(H,31,34)/t25-/m0/s1. The lowest BCUT2D eigenvalue weighted by atomic mass is 10.0. The predicted octanol–water partition coefficient (Wildman–Crippen LogP) is 6.36. The van der Waals surface area contributed by atoms with Gasteiger partial charge in [-0.15, -0.1) is 0 Å². The van der Waals surface area contributed by atoms with Gasteiger partial charge >= 0.3 is 0 Å². The van der Waals surface area contributed by atoms with Crippen molar-refractivity contribution in [3.63, 3.8) is 0 Å². The van der Waals surface area contributed by atoms with E-state index in [0.29, 0.717) is 33.6 Å². The summed E-state index contributed by atoms with van der Waals surface area (Å²) in [4.78, 5) is 28.6. The molecule has 0 unspecified atom stereocenters. The van der Waals surface area contributed by atoms with E-state index < -0.39 is 6.04 Å². The molecule has 0 aliphatic carbocycles. The molecule has 3 aromatic rings. The highest BCUT2D eigenvalue weighted by Crippen LogP contribution is 2.26. The monoisotopic (exact) mass is 516 g/mol. The Balaban J connectivity index is 1.98. The fourth-order valence-corrected chi connectivity index (χ4v) is 4.32. The van der Waals surface area contributed by atoms with E-state index >= 15 is 0 Å². The molecule has 3 aromatic carbocycles. The normalized spacial score (nSPS) is 11.6. The summed E-state index contributed by atoms with van der Waals surface area (Å²) in [6, 6.07) is 21.4. The number of nitrogens with zero attached hydrogens (tertiary/aromatic N) is 1. The summed E-state index contributed by atoms with van der Waals surface area (Å²) in [6.45, 7) is 2.76. The minimum absolute atomic E-state index is 0.0154. The van der Waals surface area contributed by atoms with E-state index in [1.54, 1.807) is 35.2 Å². The summed E-state index contributed by atoms with van der Waals surface area (Å²) in [5.41, 5.74) is 2.37. The number of amides is 2. The Bertz CT molecular complexity index is 1080. The first-order valence-corrected chi connectivity index (χ1v) is 12.3.